The number of anilines is 1. The number of carbonyl (C=O) groups excluding carboxylic acids is 1. The summed E-state index contributed by atoms with van der Waals surface area (Å²) in [5.41, 5.74) is 1.51. The van der Waals surface area contributed by atoms with Crippen LogP contribution in [0.25, 0.3) is 11.0 Å². The van der Waals surface area contributed by atoms with E-state index in [0.29, 0.717) is 22.5 Å². The second kappa shape index (κ2) is 8.02. The summed E-state index contributed by atoms with van der Waals surface area (Å²) in [5, 5.41) is 2.79. The maximum Gasteiger partial charge on any atom is 0.323 e. The van der Waals surface area contributed by atoms with Crippen LogP contribution in [-0.2, 0) is 16.6 Å². The summed E-state index contributed by atoms with van der Waals surface area (Å²) < 4.78 is 39.0. The van der Waals surface area contributed by atoms with Gasteiger partial charge in [-0.05, 0) is 48.0 Å². The number of aromatic amines is 2. The lowest BCUT2D eigenvalue weighted by atomic mass is 10.1. The van der Waals surface area contributed by atoms with Crippen LogP contribution in [0.5, 0.6) is 11.5 Å². The van der Waals surface area contributed by atoms with Gasteiger partial charge in [-0.15, -0.1) is 0 Å². The van der Waals surface area contributed by atoms with Crippen molar-refractivity contribution in [3.05, 3.63) is 82.3 Å². The molecule has 1 aromatic heterocycles. The van der Waals surface area contributed by atoms with Crippen molar-refractivity contribution in [2.45, 2.75) is 11.4 Å². The van der Waals surface area contributed by atoms with Crippen LogP contribution in [0.2, 0.25) is 0 Å². The standard InChI is InChI=1S/C22H18N4O6S/c27-21(23-11-13-5-8-19-20(9-13)32-12-31-19)15-3-1-2-4-16(15)26-33(29,30)14-6-7-17-18(10-14)25-22(28)24-17/h1-10,26H,11-12H2,(H,23,27)(H2,24,25,28). The van der Waals surface area contributed by atoms with Gasteiger partial charge in [0.1, 0.15) is 0 Å². The molecule has 0 radical (unpaired) electrons. The van der Waals surface area contributed by atoms with E-state index in [9.17, 15) is 18.0 Å². The molecule has 0 unspecified atom stereocenters. The largest absolute Gasteiger partial charge is 0.454 e. The maximum absolute atomic E-state index is 12.9. The van der Waals surface area contributed by atoms with E-state index in [4.69, 9.17) is 9.47 Å². The van der Waals surface area contributed by atoms with Crippen LogP contribution in [-0.4, -0.2) is 31.1 Å². The van der Waals surface area contributed by atoms with Crippen LogP contribution < -0.4 is 25.2 Å². The Morgan fingerprint density at radius 2 is 1.73 bits per heavy atom. The number of carbonyl (C=O) groups is 1. The molecule has 1 aliphatic heterocycles. The quantitative estimate of drug-likeness (QED) is 0.344. The van der Waals surface area contributed by atoms with Crippen LogP contribution >= 0.6 is 0 Å². The minimum Gasteiger partial charge on any atom is -0.454 e. The fourth-order valence-electron chi connectivity index (χ4n) is 3.48. The van der Waals surface area contributed by atoms with Gasteiger partial charge in [-0.25, -0.2) is 13.2 Å². The average Bonchev–Trinajstić information content (AvgIpc) is 3.41. The highest BCUT2D eigenvalue weighted by Crippen LogP contribution is 2.32. The lowest BCUT2D eigenvalue weighted by Crippen LogP contribution is -2.25. The van der Waals surface area contributed by atoms with Gasteiger partial charge in [0.25, 0.3) is 15.9 Å². The molecule has 0 atom stereocenters. The predicted molar refractivity (Wildman–Crippen MR) is 120 cm³/mol. The molecule has 168 valence electrons. The number of nitrogens with one attached hydrogen (secondary N) is 4. The molecule has 5 rings (SSSR count). The molecule has 4 aromatic rings. The number of aromatic nitrogens is 2. The minimum absolute atomic E-state index is 0.0548. The van der Waals surface area contributed by atoms with Gasteiger partial charge in [0.15, 0.2) is 11.5 Å². The second-order valence-corrected chi connectivity index (χ2v) is 8.99. The van der Waals surface area contributed by atoms with E-state index in [1.807, 2.05) is 6.07 Å². The summed E-state index contributed by atoms with van der Waals surface area (Å²) in [5.74, 6) is 0.804. The molecule has 1 amide bonds. The third kappa shape index (κ3) is 4.13. The lowest BCUT2D eigenvalue weighted by Gasteiger charge is -2.13. The van der Waals surface area contributed by atoms with Gasteiger partial charge in [-0.3, -0.25) is 9.52 Å². The number of ether oxygens (including phenoxy) is 2. The van der Waals surface area contributed by atoms with Gasteiger partial charge in [0, 0.05) is 6.54 Å². The number of para-hydroxylation sites is 1. The second-order valence-electron chi connectivity index (χ2n) is 7.31. The van der Waals surface area contributed by atoms with Crippen molar-refractivity contribution in [3.8, 4) is 11.5 Å². The van der Waals surface area contributed by atoms with Crippen molar-refractivity contribution in [2.24, 2.45) is 0 Å². The Labute approximate surface area is 187 Å². The zero-order chi connectivity index (χ0) is 23.0. The van der Waals surface area contributed by atoms with Crippen LogP contribution in [0.4, 0.5) is 5.69 Å². The van der Waals surface area contributed by atoms with Gasteiger partial charge in [-0.1, -0.05) is 18.2 Å². The van der Waals surface area contributed by atoms with E-state index < -0.39 is 21.6 Å². The Hall–Kier alpha value is -4.25. The number of amides is 1. The molecule has 33 heavy (non-hydrogen) atoms. The van der Waals surface area contributed by atoms with Crippen molar-refractivity contribution in [3.63, 3.8) is 0 Å². The van der Waals surface area contributed by atoms with Crippen molar-refractivity contribution >= 4 is 32.7 Å². The van der Waals surface area contributed by atoms with Gasteiger partial charge in [0.2, 0.25) is 6.79 Å². The molecule has 0 saturated carbocycles. The predicted octanol–water partition coefficient (Wildman–Crippen LogP) is 2.32. The monoisotopic (exact) mass is 466 g/mol. The van der Waals surface area contributed by atoms with Gasteiger partial charge in [0.05, 0.1) is 27.2 Å². The number of hydrogen-bond donors (Lipinski definition) is 4. The first kappa shape index (κ1) is 20.6. The Morgan fingerprint density at radius 1 is 0.939 bits per heavy atom. The summed E-state index contributed by atoms with van der Waals surface area (Å²) >= 11 is 0. The number of rotatable bonds is 6. The minimum atomic E-state index is -4.02. The number of benzene rings is 3. The zero-order valence-corrected chi connectivity index (χ0v) is 17.9. The molecule has 0 aliphatic carbocycles. The molecular weight excluding hydrogens is 448 g/mol. The fraction of sp³-hybridized carbons (Fsp3) is 0.0909. The van der Waals surface area contributed by atoms with Crippen LogP contribution in [0.1, 0.15) is 15.9 Å². The molecule has 4 N–H and O–H groups in total. The summed E-state index contributed by atoms with van der Waals surface area (Å²) in [7, 11) is -4.02. The summed E-state index contributed by atoms with van der Waals surface area (Å²) in [4.78, 5) is 29.3. The van der Waals surface area contributed by atoms with Gasteiger partial charge < -0.3 is 24.8 Å². The van der Waals surface area contributed by atoms with E-state index in [-0.39, 0.29) is 29.5 Å². The van der Waals surface area contributed by atoms with E-state index in [1.54, 1.807) is 24.3 Å². The molecular formula is C22H18N4O6S. The third-order valence-electron chi connectivity index (χ3n) is 5.10. The SMILES string of the molecule is O=C(NCc1ccc2c(c1)OCO2)c1ccccc1NS(=O)(=O)c1ccc2[nH]c(=O)[nH]c2c1. The summed E-state index contributed by atoms with van der Waals surface area (Å²) in [6, 6.07) is 15.9. The number of imidazole rings is 1. The Bertz CT molecular complexity index is 1540. The summed E-state index contributed by atoms with van der Waals surface area (Å²) in [6.07, 6.45) is 0. The van der Waals surface area contributed by atoms with Crippen LogP contribution in [0.15, 0.2) is 70.4 Å². The highest BCUT2D eigenvalue weighted by molar-refractivity contribution is 7.92. The average molecular weight is 466 g/mol. The number of sulfonamides is 1. The topological polar surface area (TPSA) is 142 Å². The highest BCUT2D eigenvalue weighted by Gasteiger charge is 2.20. The van der Waals surface area contributed by atoms with Crippen LogP contribution in [0.3, 0.4) is 0 Å². The Kier molecular flexibility index (Phi) is 5.02. The lowest BCUT2D eigenvalue weighted by molar-refractivity contribution is 0.0951. The zero-order valence-electron chi connectivity index (χ0n) is 17.0. The van der Waals surface area contributed by atoms with Crippen molar-refractivity contribution in [1.29, 1.82) is 0 Å². The number of fused-ring (bicyclic) bond motifs is 2. The first-order valence-electron chi connectivity index (χ1n) is 9.90. The molecule has 3 aromatic carbocycles. The molecule has 0 bridgehead atoms. The Morgan fingerprint density at radius 3 is 2.61 bits per heavy atom. The summed E-state index contributed by atoms with van der Waals surface area (Å²) in [6.45, 7) is 0.375. The molecule has 0 spiro atoms. The first-order valence-corrected chi connectivity index (χ1v) is 11.4. The van der Waals surface area contributed by atoms with Crippen molar-refractivity contribution in [1.82, 2.24) is 15.3 Å². The maximum atomic E-state index is 12.9. The van der Waals surface area contributed by atoms with E-state index in [1.165, 1.54) is 30.3 Å². The van der Waals surface area contributed by atoms with Crippen LogP contribution in [0, 0.1) is 0 Å². The van der Waals surface area contributed by atoms with E-state index in [2.05, 4.69) is 20.0 Å². The van der Waals surface area contributed by atoms with Crippen molar-refractivity contribution < 1.29 is 22.7 Å². The van der Waals surface area contributed by atoms with E-state index >= 15 is 0 Å². The fourth-order valence-corrected chi connectivity index (χ4v) is 4.59. The number of hydrogen-bond acceptors (Lipinski definition) is 6. The third-order valence-corrected chi connectivity index (χ3v) is 6.47. The Balaban J connectivity index is 1.35. The number of H-pyrrole nitrogens is 2. The smallest absolute Gasteiger partial charge is 0.323 e. The van der Waals surface area contributed by atoms with Gasteiger partial charge in [-0.2, -0.15) is 0 Å². The first-order chi connectivity index (χ1) is 15.9. The molecule has 2 heterocycles. The van der Waals surface area contributed by atoms with Gasteiger partial charge >= 0.3 is 5.69 Å². The highest BCUT2D eigenvalue weighted by atomic mass is 32.2. The van der Waals surface area contributed by atoms with E-state index in [0.717, 1.165) is 5.56 Å². The molecule has 11 heteroatoms. The molecule has 10 nitrogen and oxygen atoms in total. The molecule has 0 fully saturated rings. The molecule has 0 saturated heterocycles. The van der Waals surface area contributed by atoms with Crippen molar-refractivity contribution in [2.75, 3.05) is 11.5 Å². The molecule has 1 aliphatic rings. The normalized spacial score (nSPS) is 12.6.